The van der Waals surface area contributed by atoms with Crippen LogP contribution in [0.15, 0.2) is 42.7 Å². The summed E-state index contributed by atoms with van der Waals surface area (Å²) in [6.45, 7) is 0. The van der Waals surface area contributed by atoms with Crippen LogP contribution in [0.3, 0.4) is 0 Å². The van der Waals surface area contributed by atoms with Crippen LogP contribution in [0.4, 0.5) is 0 Å². The first-order valence-electron chi connectivity index (χ1n) is 5.03. The molecule has 4 nitrogen and oxygen atoms in total. The van der Waals surface area contributed by atoms with Gasteiger partial charge in [0.25, 0.3) is 0 Å². The molecular formula is C12H12N2O2. The van der Waals surface area contributed by atoms with E-state index in [9.17, 15) is 9.90 Å². The Bertz CT molecular complexity index is 448. The van der Waals surface area contributed by atoms with E-state index in [2.05, 4.69) is 5.10 Å². The first-order chi connectivity index (χ1) is 7.81. The summed E-state index contributed by atoms with van der Waals surface area (Å²) in [6, 6.07) is 8.52. The molecule has 2 aromatic rings. The maximum Gasteiger partial charge on any atom is 0.122 e. The third kappa shape index (κ3) is 2.11. The summed E-state index contributed by atoms with van der Waals surface area (Å²) in [4.78, 5) is 10.7. The average molecular weight is 216 g/mol. The minimum Gasteiger partial charge on any atom is -0.508 e. The Hall–Kier alpha value is -2.10. The number of hydrogen-bond acceptors (Lipinski definition) is 3. The van der Waals surface area contributed by atoms with Gasteiger partial charge in [-0.1, -0.05) is 12.1 Å². The quantitative estimate of drug-likeness (QED) is 0.792. The SMILES string of the molecule is O=CCC(c1ccc(O)cc1)n1cccn1. The number of aromatic hydroxyl groups is 1. The smallest absolute Gasteiger partial charge is 0.122 e. The van der Waals surface area contributed by atoms with Crippen LogP contribution in [0.25, 0.3) is 0 Å². The van der Waals surface area contributed by atoms with Gasteiger partial charge in [0.15, 0.2) is 0 Å². The number of rotatable bonds is 4. The second-order valence-corrected chi connectivity index (χ2v) is 3.50. The predicted octanol–water partition coefficient (Wildman–Crippen LogP) is 1.77. The molecule has 0 amide bonds. The second-order valence-electron chi connectivity index (χ2n) is 3.50. The van der Waals surface area contributed by atoms with Crippen LogP contribution in [-0.4, -0.2) is 21.2 Å². The first-order valence-corrected chi connectivity index (χ1v) is 5.03. The highest BCUT2D eigenvalue weighted by Gasteiger charge is 2.12. The van der Waals surface area contributed by atoms with Crippen molar-refractivity contribution in [1.82, 2.24) is 9.78 Å². The van der Waals surface area contributed by atoms with E-state index in [1.807, 2.05) is 12.3 Å². The Morgan fingerprint density at radius 2 is 2.12 bits per heavy atom. The van der Waals surface area contributed by atoms with Crippen LogP contribution in [0.5, 0.6) is 5.75 Å². The standard InChI is InChI=1S/C12H12N2O2/c15-9-6-12(14-8-1-7-13-14)10-2-4-11(16)5-3-10/h1-5,7-9,12,16H,6H2. The molecule has 1 atom stereocenters. The van der Waals surface area contributed by atoms with E-state index in [1.54, 1.807) is 35.1 Å². The van der Waals surface area contributed by atoms with Crippen molar-refractivity contribution < 1.29 is 9.90 Å². The van der Waals surface area contributed by atoms with Crippen LogP contribution >= 0.6 is 0 Å². The van der Waals surface area contributed by atoms with E-state index in [1.165, 1.54) is 0 Å². The van der Waals surface area contributed by atoms with Crippen molar-refractivity contribution in [3.63, 3.8) is 0 Å². The number of carbonyl (C=O) groups is 1. The van der Waals surface area contributed by atoms with Gasteiger partial charge in [0.05, 0.1) is 6.04 Å². The Morgan fingerprint density at radius 1 is 1.38 bits per heavy atom. The van der Waals surface area contributed by atoms with Crippen LogP contribution in [0.2, 0.25) is 0 Å². The maximum absolute atomic E-state index is 10.7. The van der Waals surface area contributed by atoms with Crippen LogP contribution in [0, 0.1) is 0 Å². The highest BCUT2D eigenvalue weighted by molar-refractivity contribution is 5.51. The zero-order chi connectivity index (χ0) is 11.4. The van der Waals surface area contributed by atoms with Gasteiger partial charge in [0, 0.05) is 18.8 Å². The van der Waals surface area contributed by atoms with E-state index in [4.69, 9.17) is 0 Å². The van der Waals surface area contributed by atoms with E-state index in [-0.39, 0.29) is 11.8 Å². The molecule has 0 aliphatic carbocycles. The summed E-state index contributed by atoms with van der Waals surface area (Å²) < 4.78 is 1.74. The summed E-state index contributed by atoms with van der Waals surface area (Å²) in [5, 5.41) is 13.3. The third-order valence-corrected chi connectivity index (χ3v) is 2.44. The van der Waals surface area contributed by atoms with Gasteiger partial charge in [-0.15, -0.1) is 0 Å². The molecule has 0 radical (unpaired) electrons. The molecule has 1 N–H and O–H groups in total. The van der Waals surface area contributed by atoms with Crippen molar-refractivity contribution in [3.05, 3.63) is 48.3 Å². The molecule has 0 fully saturated rings. The number of phenolic OH excluding ortho intramolecular Hbond substituents is 1. The Labute approximate surface area is 93.1 Å². The van der Waals surface area contributed by atoms with E-state index in [0.717, 1.165) is 11.8 Å². The topological polar surface area (TPSA) is 55.1 Å². The molecule has 2 rings (SSSR count). The lowest BCUT2D eigenvalue weighted by Crippen LogP contribution is -2.11. The fourth-order valence-electron chi connectivity index (χ4n) is 1.65. The van der Waals surface area contributed by atoms with Gasteiger partial charge in [0.1, 0.15) is 12.0 Å². The van der Waals surface area contributed by atoms with Gasteiger partial charge >= 0.3 is 0 Å². The van der Waals surface area contributed by atoms with Gasteiger partial charge in [-0.05, 0) is 23.8 Å². The lowest BCUT2D eigenvalue weighted by molar-refractivity contribution is -0.108. The number of nitrogens with zero attached hydrogens (tertiary/aromatic N) is 2. The Balaban J connectivity index is 2.32. The lowest BCUT2D eigenvalue weighted by atomic mass is 10.0. The predicted molar refractivity (Wildman–Crippen MR) is 59.2 cm³/mol. The fraction of sp³-hybridized carbons (Fsp3) is 0.167. The second kappa shape index (κ2) is 4.61. The highest BCUT2D eigenvalue weighted by Crippen LogP contribution is 2.22. The molecule has 1 aromatic heterocycles. The van der Waals surface area contributed by atoms with Gasteiger partial charge in [-0.3, -0.25) is 4.68 Å². The number of aldehydes is 1. The van der Waals surface area contributed by atoms with Gasteiger partial charge in [-0.25, -0.2) is 0 Å². The average Bonchev–Trinajstić information content (AvgIpc) is 2.81. The summed E-state index contributed by atoms with van der Waals surface area (Å²) in [7, 11) is 0. The molecule has 16 heavy (non-hydrogen) atoms. The van der Waals surface area contributed by atoms with E-state index >= 15 is 0 Å². The summed E-state index contributed by atoms with van der Waals surface area (Å²) in [5.41, 5.74) is 0.952. The largest absolute Gasteiger partial charge is 0.508 e. The Morgan fingerprint density at radius 3 is 2.69 bits per heavy atom. The molecule has 0 aliphatic heterocycles. The van der Waals surface area contributed by atoms with Crippen LogP contribution in [0.1, 0.15) is 18.0 Å². The van der Waals surface area contributed by atoms with Crippen molar-refractivity contribution >= 4 is 6.29 Å². The molecule has 0 spiro atoms. The van der Waals surface area contributed by atoms with Crippen molar-refractivity contribution in [2.75, 3.05) is 0 Å². The van der Waals surface area contributed by atoms with Crippen molar-refractivity contribution in [3.8, 4) is 5.75 Å². The molecule has 82 valence electrons. The molecule has 1 aromatic carbocycles. The molecule has 0 saturated carbocycles. The summed E-state index contributed by atoms with van der Waals surface area (Å²) >= 11 is 0. The van der Waals surface area contributed by atoms with Gasteiger partial charge in [-0.2, -0.15) is 5.10 Å². The van der Waals surface area contributed by atoms with E-state index in [0.29, 0.717) is 6.42 Å². The molecule has 0 bridgehead atoms. The van der Waals surface area contributed by atoms with Gasteiger partial charge < -0.3 is 9.90 Å². The molecule has 0 saturated heterocycles. The molecular weight excluding hydrogens is 204 g/mol. The van der Waals surface area contributed by atoms with E-state index < -0.39 is 0 Å². The monoisotopic (exact) mass is 216 g/mol. The Kier molecular flexibility index (Phi) is 3.00. The van der Waals surface area contributed by atoms with Crippen LogP contribution < -0.4 is 0 Å². The molecule has 1 unspecified atom stereocenters. The number of aromatic nitrogens is 2. The molecule has 0 aliphatic rings. The summed E-state index contributed by atoms with van der Waals surface area (Å²) in [6.07, 6.45) is 4.74. The van der Waals surface area contributed by atoms with Crippen molar-refractivity contribution in [2.45, 2.75) is 12.5 Å². The lowest BCUT2D eigenvalue weighted by Gasteiger charge is -2.15. The van der Waals surface area contributed by atoms with Crippen LogP contribution in [-0.2, 0) is 4.79 Å². The zero-order valence-corrected chi connectivity index (χ0v) is 8.65. The molecule has 4 heteroatoms. The summed E-state index contributed by atoms with van der Waals surface area (Å²) in [5.74, 6) is 0.217. The maximum atomic E-state index is 10.7. The minimum atomic E-state index is -0.104. The normalized spacial score (nSPS) is 12.2. The number of hydrogen-bond donors (Lipinski definition) is 1. The van der Waals surface area contributed by atoms with Crippen molar-refractivity contribution in [1.29, 1.82) is 0 Å². The van der Waals surface area contributed by atoms with Crippen molar-refractivity contribution in [2.24, 2.45) is 0 Å². The fourth-order valence-corrected chi connectivity index (χ4v) is 1.65. The van der Waals surface area contributed by atoms with Gasteiger partial charge in [0.2, 0.25) is 0 Å². The highest BCUT2D eigenvalue weighted by atomic mass is 16.3. The molecule has 1 heterocycles. The zero-order valence-electron chi connectivity index (χ0n) is 8.65. The first kappa shape index (κ1) is 10.4. The minimum absolute atomic E-state index is 0.104. The third-order valence-electron chi connectivity index (χ3n) is 2.44. The number of benzene rings is 1. The number of carbonyl (C=O) groups excluding carboxylic acids is 1. The number of phenols is 1.